The van der Waals surface area contributed by atoms with Gasteiger partial charge in [0.05, 0.1) is 18.7 Å². The van der Waals surface area contributed by atoms with Gasteiger partial charge in [0.25, 0.3) is 11.8 Å². The van der Waals surface area contributed by atoms with E-state index in [1.165, 1.54) is 0 Å². The highest BCUT2D eigenvalue weighted by Crippen LogP contribution is 2.24. The van der Waals surface area contributed by atoms with Crippen molar-refractivity contribution in [2.75, 3.05) is 11.4 Å². The van der Waals surface area contributed by atoms with Gasteiger partial charge in [0.2, 0.25) is 5.82 Å². The van der Waals surface area contributed by atoms with Gasteiger partial charge in [-0.05, 0) is 19.3 Å². The molecule has 0 spiro atoms. The van der Waals surface area contributed by atoms with Crippen LogP contribution < -0.4 is 10.2 Å². The number of alkyl halides is 3. The third kappa shape index (κ3) is 5.16. The van der Waals surface area contributed by atoms with E-state index in [1.54, 1.807) is 9.58 Å². The molecule has 3 rings (SSSR count). The number of halogens is 3. The lowest BCUT2D eigenvalue weighted by atomic mass is 10.1. The summed E-state index contributed by atoms with van der Waals surface area (Å²) in [7, 11) is 0. The Bertz CT molecular complexity index is 919. The van der Waals surface area contributed by atoms with Crippen LogP contribution >= 0.6 is 0 Å². The fraction of sp³-hybridized carbons (Fsp3) is 0.611. The van der Waals surface area contributed by atoms with Crippen molar-refractivity contribution in [1.82, 2.24) is 29.9 Å². The molecule has 0 bridgehead atoms. The van der Waals surface area contributed by atoms with E-state index in [4.69, 9.17) is 0 Å². The van der Waals surface area contributed by atoms with Crippen LogP contribution in [0.4, 0.5) is 19.0 Å². The number of carbonyl (C=O) groups is 2. The molecule has 0 saturated carbocycles. The van der Waals surface area contributed by atoms with Crippen molar-refractivity contribution < 1.29 is 22.8 Å². The van der Waals surface area contributed by atoms with Gasteiger partial charge in [-0.2, -0.15) is 18.3 Å². The highest BCUT2D eigenvalue weighted by atomic mass is 19.4. The lowest BCUT2D eigenvalue weighted by Gasteiger charge is -2.26. The van der Waals surface area contributed by atoms with Gasteiger partial charge in [-0.15, -0.1) is 5.10 Å². The number of anilines is 1. The van der Waals surface area contributed by atoms with E-state index in [1.807, 2.05) is 26.8 Å². The van der Waals surface area contributed by atoms with Crippen molar-refractivity contribution in [2.24, 2.45) is 5.92 Å². The first-order valence-electron chi connectivity index (χ1n) is 9.66. The molecule has 1 aliphatic heterocycles. The molecule has 2 amide bonds. The molecular formula is C18H24F3N7O2. The number of fused-ring (bicyclic) bond motifs is 1. The molecule has 9 nitrogen and oxygen atoms in total. The molecule has 0 aliphatic carbocycles. The Morgan fingerprint density at radius 2 is 2.07 bits per heavy atom. The summed E-state index contributed by atoms with van der Waals surface area (Å²) in [6, 6.07) is 1.01. The maximum absolute atomic E-state index is 13.1. The summed E-state index contributed by atoms with van der Waals surface area (Å²) in [5.41, 5.74) is 0.794. The standard InChI is InChI=1S/C18H24F3N7O2/c1-11(2)9-27-14-8-12(3)24-28(14)6-4-13(17(27)30)23-16(29)15-22-10-26(25-15)7-5-18(19,20)21/h8,10-11,13H,4-7,9H2,1-3H3,(H,23,29). The van der Waals surface area contributed by atoms with Gasteiger partial charge in [0.1, 0.15) is 18.2 Å². The van der Waals surface area contributed by atoms with E-state index in [2.05, 4.69) is 20.5 Å². The molecule has 1 atom stereocenters. The Labute approximate surface area is 171 Å². The average molecular weight is 427 g/mol. The number of nitrogens with one attached hydrogen (secondary N) is 1. The first-order valence-corrected chi connectivity index (χ1v) is 9.66. The summed E-state index contributed by atoms with van der Waals surface area (Å²) in [5.74, 6) is -0.389. The van der Waals surface area contributed by atoms with Crippen molar-refractivity contribution in [2.45, 2.75) is 58.9 Å². The van der Waals surface area contributed by atoms with E-state index < -0.39 is 31.1 Å². The first kappa shape index (κ1) is 21.8. The Morgan fingerprint density at radius 1 is 1.33 bits per heavy atom. The second-order valence-corrected chi connectivity index (χ2v) is 7.72. The van der Waals surface area contributed by atoms with Gasteiger partial charge >= 0.3 is 6.18 Å². The number of nitrogens with zero attached hydrogens (tertiary/aromatic N) is 6. The Kier molecular flexibility index (Phi) is 6.13. The zero-order valence-corrected chi connectivity index (χ0v) is 17.0. The Balaban J connectivity index is 1.72. The SMILES string of the molecule is Cc1cc2n(n1)CCC(NC(=O)c1ncn(CCC(F)(F)F)n1)C(=O)N2CC(C)C. The van der Waals surface area contributed by atoms with Crippen molar-refractivity contribution in [3.63, 3.8) is 0 Å². The minimum absolute atomic E-state index is 0.193. The Morgan fingerprint density at radius 3 is 2.73 bits per heavy atom. The quantitative estimate of drug-likeness (QED) is 0.760. The van der Waals surface area contributed by atoms with Gasteiger partial charge in [0, 0.05) is 19.2 Å². The molecule has 164 valence electrons. The number of carbonyl (C=O) groups excluding carboxylic acids is 2. The van der Waals surface area contributed by atoms with Crippen LogP contribution in [0, 0.1) is 12.8 Å². The number of amides is 2. The normalized spacial score (nSPS) is 17.2. The largest absolute Gasteiger partial charge is 0.390 e. The molecule has 2 aromatic heterocycles. The van der Waals surface area contributed by atoms with Gasteiger partial charge in [-0.25, -0.2) is 9.67 Å². The van der Waals surface area contributed by atoms with Crippen LogP contribution in [0.5, 0.6) is 0 Å². The third-order valence-electron chi connectivity index (χ3n) is 4.57. The van der Waals surface area contributed by atoms with Crippen LogP contribution in [0.25, 0.3) is 0 Å². The molecule has 0 fully saturated rings. The van der Waals surface area contributed by atoms with Crippen molar-refractivity contribution in [1.29, 1.82) is 0 Å². The first-order chi connectivity index (χ1) is 14.0. The van der Waals surface area contributed by atoms with Gasteiger partial charge in [-0.1, -0.05) is 13.8 Å². The third-order valence-corrected chi connectivity index (χ3v) is 4.57. The summed E-state index contributed by atoms with van der Waals surface area (Å²) in [4.78, 5) is 31.0. The van der Waals surface area contributed by atoms with Crippen molar-refractivity contribution >= 4 is 17.6 Å². The summed E-state index contributed by atoms with van der Waals surface area (Å²) in [5, 5.41) is 10.8. The van der Waals surface area contributed by atoms with Crippen LogP contribution in [-0.2, 0) is 17.9 Å². The van der Waals surface area contributed by atoms with Crippen LogP contribution in [-0.4, -0.2) is 55.1 Å². The van der Waals surface area contributed by atoms with E-state index in [9.17, 15) is 22.8 Å². The summed E-state index contributed by atoms with van der Waals surface area (Å²) in [6.07, 6.45) is -4.02. The van der Waals surface area contributed by atoms with E-state index in [-0.39, 0.29) is 17.6 Å². The fourth-order valence-corrected chi connectivity index (χ4v) is 3.24. The molecule has 0 saturated heterocycles. The molecular weight excluding hydrogens is 403 g/mol. The lowest BCUT2D eigenvalue weighted by Crippen LogP contribution is -2.49. The molecule has 1 unspecified atom stereocenters. The van der Waals surface area contributed by atoms with Crippen LogP contribution in [0.1, 0.15) is 43.0 Å². The van der Waals surface area contributed by atoms with Crippen molar-refractivity contribution in [3.8, 4) is 0 Å². The highest BCUT2D eigenvalue weighted by molar-refractivity contribution is 6.01. The molecule has 1 aliphatic rings. The second-order valence-electron chi connectivity index (χ2n) is 7.72. The van der Waals surface area contributed by atoms with Crippen LogP contribution in [0.15, 0.2) is 12.4 Å². The molecule has 0 radical (unpaired) electrons. The molecule has 1 N–H and O–H groups in total. The summed E-state index contributed by atoms with van der Waals surface area (Å²) >= 11 is 0. The molecule has 12 heteroatoms. The van der Waals surface area contributed by atoms with Gasteiger partial charge < -0.3 is 5.32 Å². The van der Waals surface area contributed by atoms with E-state index in [0.29, 0.717) is 25.3 Å². The monoisotopic (exact) mass is 427 g/mol. The zero-order valence-electron chi connectivity index (χ0n) is 17.0. The topological polar surface area (TPSA) is 97.9 Å². The number of aromatic nitrogens is 5. The summed E-state index contributed by atoms with van der Waals surface area (Å²) < 4.78 is 39.7. The van der Waals surface area contributed by atoms with E-state index >= 15 is 0 Å². The number of hydrogen-bond acceptors (Lipinski definition) is 5. The Hall–Kier alpha value is -2.92. The second kappa shape index (κ2) is 8.44. The lowest BCUT2D eigenvalue weighted by molar-refractivity contribution is -0.137. The smallest absolute Gasteiger partial charge is 0.337 e. The van der Waals surface area contributed by atoms with Crippen LogP contribution in [0.3, 0.4) is 0 Å². The maximum Gasteiger partial charge on any atom is 0.390 e. The predicted molar refractivity (Wildman–Crippen MR) is 101 cm³/mol. The van der Waals surface area contributed by atoms with E-state index in [0.717, 1.165) is 16.7 Å². The number of rotatable bonds is 6. The molecule has 3 heterocycles. The van der Waals surface area contributed by atoms with Crippen LogP contribution in [0.2, 0.25) is 0 Å². The summed E-state index contributed by atoms with van der Waals surface area (Å²) in [6.45, 7) is 6.27. The van der Waals surface area contributed by atoms with Crippen molar-refractivity contribution in [3.05, 3.63) is 23.9 Å². The number of aryl methyl sites for hydroxylation is 3. The predicted octanol–water partition coefficient (Wildman–Crippen LogP) is 1.93. The molecule has 30 heavy (non-hydrogen) atoms. The number of hydrogen-bond donors (Lipinski definition) is 1. The average Bonchev–Trinajstić information content (AvgIpc) is 3.24. The minimum atomic E-state index is -4.33. The molecule has 0 aromatic carbocycles. The highest BCUT2D eigenvalue weighted by Gasteiger charge is 2.33. The fourth-order valence-electron chi connectivity index (χ4n) is 3.24. The molecule has 2 aromatic rings. The maximum atomic E-state index is 13.1. The van der Waals surface area contributed by atoms with Gasteiger partial charge in [0.15, 0.2) is 0 Å². The zero-order chi connectivity index (χ0) is 22.1. The van der Waals surface area contributed by atoms with Gasteiger partial charge in [-0.3, -0.25) is 19.2 Å². The minimum Gasteiger partial charge on any atom is -0.337 e.